The molecule has 1 amide bonds. The summed E-state index contributed by atoms with van der Waals surface area (Å²) in [6.45, 7) is 7.80. The van der Waals surface area contributed by atoms with Crippen molar-refractivity contribution in [2.45, 2.75) is 26.3 Å². The molecule has 0 radical (unpaired) electrons. The fourth-order valence-electron chi connectivity index (χ4n) is 4.26. The Balaban J connectivity index is 1.62. The third kappa shape index (κ3) is 7.60. The number of carbonyl (C=O) groups excluding carboxylic acids is 1. The number of allylic oxidation sites excluding steroid dienone is 5. The third-order valence-corrected chi connectivity index (χ3v) is 6.58. The predicted molar refractivity (Wildman–Crippen MR) is 151 cm³/mol. The van der Waals surface area contributed by atoms with E-state index in [-0.39, 0.29) is 17.9 Å². The van der Waals surface area contributed by atoms with E-state index in [1.54, 1.807) is 23.4 Å². The lowest BCUT2D eigenvalue weighted by atomic mass is 9.98. The van der Waals surface area contributed by atoms with E-state index in [1.807, 2.05) is 26.4 Å². The molecule has 3 rings (SSSR count). The number of fused-ring (bicyclic) bond motifs is 1. The average Bonchev–Trinajstić information content (AvgIpc) is 2.86. The monoisotopic (exact) mass is 507 g/mol. The molecule has 1 fully saturated rings. The smallest absolute Gasteiger partial charge is 0.236 e. The molecule has 0 aromatic carbocycles. The van der Waals surface area contributed by atoms with Crippen molar-refractivity contribution in [1.82, 2.24) is 20.0 Å². The molecule has 0 aromatic rings. The zero-order chi connectivity index (χ0) is 26.9. The van der Waals surface area contributed by atoms with Crippen molar-refractivity contribution >= 4 is 18.0 Å². The highest BCUT2D eigenvalue weighted by molar-refractivity contribution is 5.97. The normalized spacial score (nSPS) is 23.1. The van der Waals surface area contributed by atoms with Crippen LogP contribution in [0.25, 0.3) is 0 Å². The van der Waals surface area contributed by atoms with Crippen molar-refractivity contribution in [2.24, 2.45) is 33.1 Å². The van der Waals surface area contributed by atoms with Gasteiger partial charge in [0, 0.05) is 75.7 Å². The van der Waals surface area contributed by atoms with Crippen LogP contribution >= 0.6 is 0 Å². The molecule has 3 aliphatic rings. The molecular weight excluding hydrogens is 466 g/mol. The van der Waals surface area contributed by atoms with Gasteiger partial charge in [-0.2, -0.15) is 0 Å². The molecule has 0 saturated carbocycles. The summed E-state index contributed by atoms with van der Waals surface area (Å²) in [4.78, 5) is 27.0. The van der Waals surface area contributed by atoms with Gasteiger partial charge in [0.15, 0.2) is 0 Å². The van der Waals surface area contributed by atoms with Gasteiger partial charge < -0.3 is 32.3 Å². The molecule has 7 N–H and O–H groups in total. The molecule has 3 aliphatic heterocycles. The lowest BCUT2D eigenvalue weighted by Crippen LogP contribution is -2.48. The summed E-state index contributed by atoms with van der Waals surface area (Å²) < 4.78 is 0. The number of nitrogens with two attached hydrogens (primary N) is 3. The van der Waals surface area contributed by atoms with E-state index in [0.29, 0.717) is 24.7 Å². The topological polar surface area (TPSA) is 142 Å². The first-order valence-electron chi connectivity index (χ1n) is 12.7. The lowest BCUT2D eigenvalue weighted by molar-refractivity contribution is -0.134. The van der Waals surface area contributed by atoms with Crippen LogP contribution in [0.1, 0.15) is 20.3 Å². The molecule has 1 atom stereocenters. The van der Waals surface area contributed by atoms with E-state index < -0.39 is 0 Å². The van der Waals surface area contributed by atoms with Gasteiger partial charge in [-0.05, 0) is 42.3 Å². The second kappa shape index (κ2) is 13.0. The Labute approximate surface area is 220 Å². The number of carbonyl (C=O) groups is 1. The van der Waals surface area contributed by atoms with Crippen molar-refractivity contribution in [3.63, 3.8) is 0 Å². The summed E-state index contributed by atoms with van der Waals surface area (Å²) in [5.41, 5.74) is 21.5. The Morgan fingerprint density at radius 3 is 2.70 bits per heavy atom. The summed E-state index contributed by atoms with van der Waals surface area (Å²) >= 11 is 0. The molecule has 200 valence electrons. The molecule has 0 bridgehead atoms. The van der Waals surface area contributed by atoms with Crippen molar-refractivity contribution in [2.75, 3.05) is 46.8 Å². The lowest BCUT2D eigenvalue weighted by Gasteiger charge is -2.34. The first kappa shape index (κ1) is 27.8. The first-order chi connectivity index (χ1) is 17.7. The van der Waals surface area contributed by atoms with Crippen LogP contribution in [0.2, 0.25) is 0 Å². The quantitative estimate of drug-likeness (QED) is 0.207. The van der Waals surface area contributed by atoms with E-state index in [4.69, 9.17) is 17.2 Å². The van der Waals surface area contributed by atoms with Gasteiger partial charge in [-0.25, -0.2) is 4.99 Å². The number of aliphatic imine (C=N–C) groups is 2. The van der Waals surface area contributed by atoms with E-state index in [0.717, 1.165) is 48.5 Å². The Kier molecular flexibility index (Phi) is 9.73. The van der Waals surface area contributed by atoms with E-state index in [9.17, 15) is 4.79 Å². The molecule has 1 saturated heterocycles. The highest BCUT2D eigenvalue weighted by atomic mass is 16.2. The highest BCUT2D eigenvalue weighted by Gasteiger charge is 2.25. The molecular formula is C27H41N9O. The molecule has 0 aliphatic carbocycles. The summed E-state index contributed by atoms with van der Waals surface area (Å²) in [7, 11) is 3.87. The minimum Gasteiger partial charge on any atom is -0.404 e. The van der Waals surface area contributed by atoms with Crippen LogP contribution in [0.15, 0.2) is 81.1 Å². The van der Waals surface area contributed by atoms with E-state index in [1.165, 1.54) is 0 Å². The van der Waals surface area contributed by atoms with Gasteiger partial charge >= 0.3 is 0 Å². The second-order valence-electron chi connectivity index (χ2n) is 9.77. The summed E-state index contributed by atoms with van der Waals surface area (Å²) in [6, 6.07) is 0.0605. The van der Waals surface area contributed by atoms with Crippen LogP contribution in [0.5, 0.6) is 0 Å². The van der Waals surface area contributed by atoms with Gasteiger partial charge in [-0.1, -0.05) is 19.9 Å². The summed E-state index contributed by atoms with van der Waals surface area (Å²) in [5, 5.41) is 3.39. The van der Waals surface area contributed by atoms with E-state index >= 15 is 0 Å². The Hall–Kier alpha value is -3.79. The van der Waals surface area contributed by atoms with Crippen LogP contribution in [-0.2, 0) is 4.79 Å². The zero-order valence-electron chi connectivity index (χ0n) is 22.4. The summed E-state index contributed by atoms with van der Waals surface area (Å²) in [5.74, 6) is 1.46. The Morgan fingerprint density at radius 2 is 2.03 bits per heavy atom. The minimum absolute atomic E-state index is 0.0605. The molecule has 3 heterocycles. The van der Waals surface area contributed by atoms with Crippen LogP contribution in [0.3, 0.4) is 0 Å². The van der Waals surface area contributed by atoms with Gasteiger partial charge in [0.1, 0.15) is 11.7 Å². The van der Waals surface area contributed by atoms with Gasteiger partial charge in [0.05, 0.1) is 12.6 Å². The SMILES string of the molecule is CC(C)C(=C/N)/C=C(\N)N=C1C=CC2C(=CC(C(C=NCCCN3CCN(C)C(=O)C3)=CN)=CN2C)N1. The molecule has 0 aromatic heterocycles. The molecule has 0 spiro atoms. The van der Waals surface area contributed by atoms with Gasteiger partial charge in [-0.3, -0.25) is 14.7 Å². The fraction of sp³-hybridized carbons (Fsp3) is 0.444. The molecule has 10 heteroatoms. The van der Waals surface area contributed by atoms with Crippen molar-refractivity contribution < 1.29 is 4.79 Å². The number of amides is 1. The highest BCUT2D eigenvalue weighted by Crippen LogP contribution is 2.25. The maximum atomic E-state index is 11.9. The molecule has 10 nitrogen and oxygen atoms in total. The molecule has 1 unspecified atom stereocenters. The van der Waals surface area contributed by atoms with Crippen LogP contribution in [0, 0.1) is 5.92 Å². The van der Waals surface area contributed by atoms with Crippen molar-refractivity contribution in [3.05, 3.63) is 71.1 Å². The van der Waals surface area contributed by atoms with Gasteiger partial charge in [-0.15, -0.1) is 0 Å². The predicted octanol–water partition coefficient (Wildman–Crippen LogP) is 1.00. The number of likely N-dealkylation sites (N-methyl/N-ethyl adjacent to an activating group) is 2. The standard InChI is InChI=1S/C27H41N9O/c1-19(2)20(14-28)13-25(30)33-26-7-6-24-23(32-26)12-21(17-35(24)4)22(15-29)16-31-8-5-9-36-11-10-34(3)27(37)18-36/h6-7,12-17,19,24H,5,8-11,18,28-30H2,1-4H3,(H,32,33)/b20-14+,22-15?,25-13+,31-16?. The Morgan fingerprint density at radius 1 is 1.24 bits per heavy atom. The van der Waals surface area contributed by atoms with Crippen LogP contribution < -0.4 is 22.5 Å². The fourth-order valence-corrected chi connectivity index (χ4v) is 4.26. The maximum absolute atomic E-state index is 11.9. The number of rotatable bonds is 9. The van der Waals surface area contributed by atoms with Gasteiger partial charge in [0.2, 0.25) is 5.91 Å². The number of amidine groups is 1. The Bertz CT molecular complexity index is 1090. The second-order valence-corrected chi connectivity index (χ2v) is 9.77. The number of nitrogens with one attached hydrogen (secondary N) is 1. The minimum atomic E-state index is 0.0605. The third-order valence-electron chi connectivity index (χ3n) is 6.58. The summed E-state index contributed by atoms with van der Waals surface area (Å²) in [6.07, 6.45) is 15.7. The number of piperazine rings is 1. The van der Waals surface area contributed by atoms with Crippen LogP contribution in [0.4, 0.5) is 0 Å². The zero-order valence-corrected chi connectivity index (χ0v) is 22.4. The number of hydrogen-bond donors (Lipinski definition) is 4. The first-order valence-corrected chi connectivity index (χ1v) is 12.7. The largest absolute Gasteiger partial charge is 0.404 e. The average molecular weight is 508 g/mol. The van der Waals surface area contributed by atoms with Gasteiger partial charge in [0.25, 0.3) is 0 Å². The maximum Gasteiger partial charge on any atom is 0.236 e. The van der Waals surface area contributed by atoms with Crippen LogP contribution in [-0.4, -0.2) is 85.5 Å². The van der Waals surface area contributed by atoms with Crippen molar-refractivity contribution in [1.29, 1.82) is 0 Å². The number of hydrogen-bond acceptors (Lipinski definition) is 8. The van der Waals surface area contributed by atoms with Crippen molar-refractivity contribution in [3.8, 4) is 0 Å². The molecule has 37 heavy (non-hydrogen) atoms. The number of nitrogens with zero attached hydrogens (tertiary/aromatic N) is 5. The van der Waals surface area contributed by atoms with E-state index in [2.05, 4.69) is 57.3 Å².